The molecule has 4 heteroatoms. The van der Waals surface area contributed by atoms with Crippen LogP contribution < -0.4 is 5.73 Å². The maximum atomic E-state index is 11.7. The molecule has 0 bridgehead atoms. The van der Waals surface area contributed by atoms with Crippen LogP contribution in [-0.2, 0) is 0 Å². The predicted molar refractivity (Wildman–Crippen MR) is 72.4 cm³/mol. The van der Waals surface area contributed by atoms with E-state index in [2.05, 4.69) is 33.9 Å². The number of likely N-dealkylation sites (tertiary alicyclic amines) is 1. The van der Waals surface area contributed by atoms with Gasteiger partial charge in [-0.05, 0) is 25.2 Å². The first-order valence-corrected chi connectivity index (χ1v) is 6.62. The summed E-state index contributed by atoms with van der Waals surface area (Å²) in [5.41, 5.74) is 7.44. The second-order valence-corrected chi connectivity index (χ2v) is 5.47. The highest BCUT2D eigenvalue weighted by molar-refractivity contribution is 9.10. The number of halogens is 1. The lowest BCUT2D eigenvalue weighted by atomic mass is 9.91. The fourth-order valence-electron chi connectivity index (χ4n) is 2.20. The smallest absolute Gasteiger partial charge is 0.164 e. The van der Waals surface area contributed by atoms with Gasteiger partial charge in [-0.3, -0.25) is 4.79 Å². The van der Waals surface area contributed by atoms with Crippen LogP contribution in [0.4, 0.5) is 0 Å². The minimum atomic E-state index is 0.116. The SMILES string of the molecule is CN1CC(c2ccc(C(=O)CCN)cc2Br)C1. The molecule has 2 rings (SSSR count). The lowest BCUT2D eigenvalue weighted by molar-refractivity contribution is 0.0985. The van der Waals surface area contributed by atoms with E-state index in [1.165, 1.54) is 5.56 Å². The molecule has 0 atom stereocenters. The largest absolute Gasteiger partial charge is 0.330 e. The van der Waals surface area contributed by atoms with Crippen molar-refractivity contribution >= 4 is 21.7 Å². The fraction of sp³-hybridized carbons (Fsp3) is 0.462. The Morgan fingerprint density at radius 3 is 2.76 bits per heavy atom. The molecule has 0 saturated carbocycles. The van der Waals surface area contributed by atoms with Crippen molar-refractivity contribution in [3.63, 3.8) is 0 Å². The van der Waals surface area contributed by atoms with E-state index in [1.807, 2.05) is 12.1 Å². The van der Waals surface area contributed by atoms with Crippen LogP contribution in [0.2, 0.25) is 0 Å². The Balaban J connectivity index is 2.14. The molecule has 0 unspecified atom stereocenters. The van der Waals surface area contributed by atoms with Crippen LogP contribution in [0, 0.1) is 0 Å². The Bertz CT molecular complexity index is 427. The zero-order chi connectivity index (χ0) is 12.4. The number of ketones is 1. The number of nitrogens with zero attached hydrogens (tertiary/aromatic N) is 1. The van der Waals surface area contributed by atoms with Gasteiger partial charge in [0.05, 0.1) is 0 Å². The van der Waals surface area contributed by atoms with Gasteiger partial charge in [0.25, 0.3) is 0 Å². The number of carbonyl (C=O) groups is 1. The first-order chi connectivity index (χ1) is 8.11. The maximum Gasteiger partial charge on any atom is 0.164 e. The number of benzene rings is 1. The summed E-state index contributed by atoms with van der Waals surface area (Å²) in [6, 6.07) is 5.90. The number of rotatable bonds is 4. The molecule has 0 amide bonds. The number of Topliss-reactive ketones (excluding diaryl/α,β-unsaturated/α-hetero) is 1. The predicted octanol–water partition coefficient (Wildman–Crippen LogP) is 2.01. The molecule has 1 fully saturated rings. The van der Waals surface area contributed by atoms with Gasteiger partial charge >= 0.3 is 0 Å². The van der Waals surface area contributed by atoms with Crippen molar-refractivity contribution in [2.45, 2.75) is 12.3 Å². The van der Waals surface area contributed by atoms with E-state index in [1.54, 1.807) is 0 Å². The molecule has 1 aliphatic rings. The second-order valence-electron chi connectivity index (χ2n) is 4.62. The van der Waals surface area contributed by atoms with Crippen LogP contribution in [0.3, 0.4) is 0 Å². The molecule has 1 aliphatic heterocycles. The van der Waals surface area contributed by atoms with E-state index in [0.717, 1.165) is 23.1 Å². The third-order valence-electron chi connectivity index (χ3n) is 3.20. The maximum absolute atomic E-state index is 11.7. The summed E-state index contributed by atoms with van der Waals surface area (Å²) in [6.45, 7) is 2.59. The molecule has 2 N–H and O–H groups in total. The molecule has 0 aromatic heterocycles. The molecule has 1 aromatic carbocycles. The van der Waals surface area contributed by atoms with E-state index < -0.39 is 0 Å². The normalized spacial score (nSPS) is 16.9. The summed E-state index contributed by atoms with van der Waals surface area (Å²) in [4.78, 5) is 14.0. The standard InChI is InChI=1S/C13H17BrN2O/c1-16-7-10(8-16)11-3-2-9(6-12(11)14)13(17)4-5-15/h2-3,6,10H,4-5,7-8,15H2,1H3. The number of hydrogen-bond acceptors (Lipinski definition) is 3. The van der Waals surface area contributed by atoms with Crippen LogP contribution in [0.1, 0.15) is 28.3 Å². The third kappa shape index (κ3) is 2.76. The molecule has 1 aromatic rings. The number of carbonyl (C=O) groups excluding carboxylic acids is 1. The van der Waals surface area contributed by atoms with Crippen molar-refractivity contribution in [2.75, 3.05) is 26.7 Å². The zero-order valence-electron chi connectivity index (χ0n) is 9.95. The van der Waals surface area contributed by atoms with Crippen molar-refractivity contribution in [3.8, 4) is 0 Å². The molecule has 17 heavy (non-hydrogen) atoms. The van der Waals surface area contributed by atoms with E-state index in [0.29, 0.717) is 18.9 Å². The van der Waals surface area contributed by atoms with Gasteiger partial charge in [0.1, 0.15) is 0 Å². The van der Waals surface area contributed by atoms with Crippen LogP contribution in [0.25, 0.3) is 0 Å². The van der Waals surface area contributed by atoms with Crippen molar-refractivity contribution in [1.29, 1.82) is 0 Å². The Morgan fingerprint density at radius 1 is 1.53 bits per heavy atom. The van der Waals surface area contributed by atoms with E-state index >= 15 is 0 Å². The minimum Gasteiger partial charge on any atom is -0.330 e. The van der Waals surface area contributed by atoms with E-state index in [9.17, 15) is 4.79 Å². The van der Waals surface area contributed by atoms with Crippen LogP contribution >= 0.6 is 15.9 Å². The van der Waals surface area contributed by atoms with Gasteiger partial charge in [0, 0.05) is 35.5 Å². The van der Waals surface area contributed by atoms with Gasteiger partial charge in [0.15, 0.2) is 5.78 Å². The molecule has 0 aliphatic carbocycles. The highest BCUT2D eigenvalue weighted by Crippen LogP contribution is 2.32. The number of hydrogen-bond donors (Lipinski definition) is 1. The number of nitrogens with two attached hydrogens (primary N) is 1. The average molecular weight is 297 g/mol. The van der Waals surface area contributed by atoms with Gasteiger partial charge in [-0.25, -0.2) is 0 Å². The summed E-state index contributed by atoms with van der Waals surface area (Å²) in [5, 5.41) is 0. The molecule has 1 heterocycles. The van der Waals surface area contributed by atoms with Crippen LogP contribution in [0.5, 0.6) is 0 Å². The lowest BCUT2D eigenvalue weighted by Crippen LogP contribution is -2.41. The monoisotopic (exact) mass is 296 g/mol. The van der Waals surface area contributed by atoms with Crippen LogP contribution in [-0.4, -0.2) is 37.4 Å². The van der Waals surface area contributed by atoms with E-state index in [4.69, 9.17) is 5.73 Å². The van der Waals surface area contributed by atoms with Crippen molar-refractivity contribution in [2.24, 2.45) is 5.73 Å². The van der Waals surface area contributed by atoms with Crippen LogP contribution in [0.15, 0.2) is 22.7 Å². The third-order valence-corrected chi connectivity index (χ3v) is 3.88. The summed E-state index contributed by atoms with van der Waals surface area (Å²) in [7, 11) is 2.11. The Hall–Kier alpha value is -0.710. The first-order valence-electron chi connectivity index (χ1n) is 5.83. The molecule has 92 valence electrons. The summed E-state index contributed by atoms with van der Waals surface area (Å²) >= 11 is 3.56. The van der Waals surface area contributed by atoms with Gasteiger partial charge in [0.2, 0.25) is 0 Å². The van der Waals surface area contributed by atoms with Crippen molar-refractivity contribution in [3.05, 3.63) is 33.8 Å². The van der Waals surface area contributed by atoms with Crippen molar-refractivity contribution in [1.82, 2.24) is 4.90 Å². The van der Waals surface area contributed by atoms with Crippen molar-refractivity contribution < 1.29 is 4.79 Å². The summed E-state index contributed by atoms with van der Waals surface area (Å²) < 4.78 is 1.04. The molecule has 0 spiro atoms. The highest BCUT2D eigenvalue weighted by Gasteiger charge is 2.26. The van der Waals surface area contributed by atoms with Gasteiger partial charge < -0.3 is 10.6 Å². The van der Waals surface area contributed by atoms with Gasteiger partial charge in [-0.15, -0.1) is 0 Å². The Kier molecular flexibility index (Phi) is 3.97. The molecular formula is C13H17BrN2O. The second kappa shape index (κ2) is 5.29. The average Bonchev–Trinajstić information content (AvgIpc) is 2.25. The molecule has 1 saturated heterocycles. The molecule has 0 radical (unpaired) electrons. The highest BCUT2D eigenvalue weighted by atomic mass is 79.9. The quantitative estimate of drug-likeness (QED) is 0.865. The topological polar surface area (TPSA) is 46.3 Å². The fourth-order valence-corrected chi connectivity index (χ4v) is 2.91. The Labute approximate surface area is 110 Å². The summed E-state index contributed by atoms with van der Waals surface area (Å²) in [6.07, 6.45) is 0.415. The first kappa shape index (κ1) is 12.7. The lowest BCUT2D eigenvalue weighted by Gasteiger charge is -2.37. The number of likely N-dealkylation sites (N-methyl/N-ethyl adjacent to an activating group) is 1. The van der Waals surface area contributed by atoms with Gasteiger partial charge in [-0.2, -0.15) is 0 Å². The Morgan fingerprint density at radius 2 is 2.24 bits per heavy atom. The summed E-state index contributed by atoms with van der Waals surface area (Å²) in [5.74, 6) is 0.707. The minimum absolute atomic E-state index is 0.116. The molecule has 3 nitrogen and oxygen atoms in total. The van der Waals surface area contributed by atoms with E-state index in [-0.39, 0.29) is 5.78 Å². The van der Waals surface area contributed by atoms with Gasteiger partial charge in [-0.1, -0.05) is 28.1 Å². The molecular weight excluding hydrogens is 280 g/mol. The zero-order valence-corrected chi connectivity index (χ0v) is 11.5.